The molecule has 0 atom stereocenters. The Morgan fingerprint density at radius 3 is 1.11 bits per heavy atom. The minimum atomic E-state index is -1.79. The zero-order valence-electron chi connectivity index (χ0n) is 17.8. The Labute approximate surface area is 199 Å². The third-order valence-corrected chi connectivity index (χ3v) is 4.97. The lowest BCUT2D eigenvalue weighted by molar-refractivity contribution is 0.0718. The maximum atomic E-state index is 13.8. The maximum Gasteiger partial charge on any atom is 0.346 e. The van der Waals surface area contributed by atoms with Gasteiger partial charge in [0.05, 0.1) is 11.1 Å². The molecule has 0 radical (unpaired) electrons. The molecule has 4 nitrogen and oxygen atoms in total. The maximum absolute atomic E-state index is 13.8. The van der Waals surface area contributed by atoms with E-state index in [2.05, 4.69) is 0 Å². The Kier molecular flexibility index (Phi) is 6.77. The summed E-state index contributed by atoms with van der Waals surface area (Å²) in [6.07, 6.45) is 0. The fourth-order valence-corrected chi connectivity index (χ4v) is 3.12. The third kappa shape index (κ3) is 4.92. The first-order valence-electron chi connectivity index (χ1n) is 10.1. The summed E-state index contributed by atoms with van der Waals surface area (Å²) in [6, 6.07) is 14.4. The minimum Gasteiger partial charge on any atom is -0.423 e. The molecule has 0 fully saturated rings. The van der Waals surface area contributed by atoms with E-state index in [4.69, 9.17) is 9.47 Å². The smallest absolute Gasteiger partial charge is 0.346 e. The number of esters is 2. The predicted octanol–water partition coefficient (Wildman–Crippen LogP) is 6.63. The van der Waals surface area contributed by atoms with Gasteiger partial charge in [-0.2, -0.15) is 0 Å². The Balaban J connectivity index is 1.43. The van der Waals surface area contributed by atoms with Gasteiger partial charge >= 0.3 is 11.9 Å². The van der Waals surface area contributed by atoms with Crippen LogP contribution in [0.3, 0.4) is 0 Å². The van der Waals surface area contributed by atoms with Crippen LogP contribution in [0.4, 0.5) is 26.3 Å². The standard InChI is InChI=1S/C26H12F6O4/c27-19-11-9-17(21(29)23(19)31)25(33)35-15-5-1-13(2-6-15)14-3-7-16(8-4-14)36-26(34)18-10-12-20(28)24(32)22(18)30/h1-12H. The first-order valence-corrected chi connectivity index (χ1v) is 10.1. The lowest BCUT2D eigenvalue weighted by Crippen LogP contribution is -2.12. The molecule has 4 aromatic carbocycles. The van der Waals surface area contributed by atoms with Gasteiger partial charge in [-0.1, -0.05) is 24.3 Å². The van der Waals surface area contributed by atoms with E-state index in [1.165, 1.54) is 24.3 Å². The molecular formula is C26H12F6O4. The molecular weight excluding hydrogens is 490 g/mol. The van der Waals surface area contributed by atoms with Crippen LogP contribution in [-0.4, -0.2) is 11.9 Å². The lowest BCUT2D eigenvalue weighted by Gasteiger charge is -2.09. The van der Waals surface area contributed by atoms with E-state index in [1.54, 1.807) is 24.3 Å². The van der Waals surface area contributed by atoms with Crippen molar-refractivity contribution < 1.29 is 45.4 Å². The fraction of sp³-hybridized carbons (Fsp3) is 0. The van der Waals surface area contributed by atoms with E-state index in [0.29, 0.717) is 23.3 Å². The molecule has 0 N–H and O–H groups in total. The Morgan fingerprint density at radius 1 is 0.444 bits per heavy atom. The van der Waals surface area contributed by atoms with Gasteiger partial charge in [0, 0.05) is 0 Å². The Hall–Kier alpha value is -4.60. The highest BCUT2D eigenvalue weighted by molar-refractivity contribution is 5.92. The van der Waals surface area contributed by atoms with Crippen LogP contribution in [0, 0.1) is 34.9 Å². The molecule has 0 aromatic heterocycles. The summed E-state index contributed by atoms with van der Waals surface area (Å²) in [4.78, 5) is 24.2. The van der Waals surface area contributed by atoms with Gasteiger partial charge in [-0.3, -0.25) is 0 Å². The molecule has 182 valence electrons. The minimum absolute atomic E-state index is 0.00647. The number of benzene rings is 4. The van der Waals surface area contributed by atoms with Crippen LogP contribution in [0.5, 0.6) is 11.5 Å². The van der Waals surface area contributed by atoms with Gasteiger partial charge in [0.1, 0.15) is 11.5 Å². The average molecular weight is 502 g/mol. The number of halogens is 6. The topological polar surface area (TPSA) is 52.6 Å². The van der Waals surface area contributed by atoms with Crippen molar-refractivity contribution >= 4 is 11.9 Å². The van der Waals surface area contributed by atoms with Crippen molar-refractivity contribution in [2.24, 2.45) is 0 Å². The number of hydrogen-bond acceptors (Lipinski definition) is 4. The zero-order chi connectivity index (χ0) is 26.0. The Morgan fingerprint density at radius 2 is 0.778 bits per heavy atom. The van der Waals surface area contributed by atoms with Crippen LogP contribution in [0.1, 0.15) is 20.7 Å². The summed E-state index contributed by atoms with van der Waals surface area (Å²) in [5, 5.41) is 0. The molecule has 4 rings (SSSR count). The molecule has 0 saturated carbocycles. The van der Waals surface area contributed by atoms with Gasteiger partial charge in [0.15, 0.2) is 34.9 Å². The van der Waals surface area contributed by atoms with Crippen molar-refractivity contribution in [1.29, 1.82) is 0 Å². The van der Waals surface area contributed by atoms with Gasteiger partial charge in [0.25, 0.3) is 0 Å². The summed E-state index contributed by atoms with van der Waals surface area (Å²) in [5.41, 5.74) is -0.297. The predicted molar refractivity (Wildman–Crippen MR) is 114 cm³/mol. The summed E-state index contributed by atoms with van der Waals surface area (Å²) in [5.74, 6) is -12.2. The molecule has 10 heteroatoms. The molecule has 0 aliphatic carbocycles. The number of carbonyl (C=O) groups is 2. The molecule has 0 heterocycles. The monoisotopic (exact) mass is 502 g/mol. The van der Waals surface area contributed by atoms with Gasteiger partial charge in [-0.25, -0.2) is 35.9 Å². The van der Waals surface area contributed by atoms with Crippen LogP contribution < -0.4 is 9.47 Å². The van der Waals surface area contributed by atoms with Gasteiger partial charge in [0.2, 0.25) is 0 Å². The van der Waals surface area contributed by atoms with E-state index < -0.39 is 58.0 Å². The van der Waals surface area contributed by atoms with E-state index in [-0.39, 0.29) is 11.5 Å². The zero-order valence-corrected chi connectivity index (χ0v) is 17.8. The normalized spacial score (nSPS) is 10.7. The highest BCUT2D eigenvalue weighted by Crippen LogP contribution is 2.26. The molecule has 0 spiro atoms. The number of carbonyl (C=O) groups excluding carboxylic acids is 2. The third-order valence-electron chi connectivity index (χ3n) is 4.97. The first kappa shape index (κ1) is 24.5. The number of hydrogen-bond donors (Lipinski definition) is 0. The van der Waals surface area contributed by atoms with Crippen molar-refractivity contribution in [3.63, 3.8) is 0 Å². The molecule has 0 saturated heterocycles. The highest BCUT2D eigenvalue weighted by atomic mass is 19.2. The summed E-state index contributed by atoms with van der Waals surface area (Å²) < 4.78 is 90.2. The van der Waals surface area contributed by atoms with Crippen molar-refractivity contribution in [2.75, 3.05) is 0 Å². The largest absolute Gasteiger partial charge is 0.423 e. The van der Waals surface area contributed by atoms with Crippen molar-refractivity contribution in [1.82, 2.24) is 0 Å². The van der Waals surface area contributed by atoms with Crippen LogP contribution in [-0.2, 0) is 0 Å². The van der Waals surface area contributed by atoms with E-state index >= 15 is 0 Å². The molecule has 0 aliphatic heterocycles. The second-order valence-electron chi connectivity index (χ2n) is 7.27. The molecule has 4 aromatic rings. The van der Waals surface area contributed by atoms with Crippen LogP contribution in [0.15, 0.2) is 72.8 Å². The molecule has 0 aliphatic rings. The summed E-state index contributed by atoms with van der Waals surface area (Å²) in [7, 11) is 0. The van der Waals surface area contributed by atoms with Crippen LogP contribution in [0.25, 0.3) is 11.1 Å². The van der Waals surface area contributed by atoms with Crippen molar-refractivity contribution in [3.05, 3.63) is 119 Å². The van der Waals surface area contributed by atoms with Crippen molar-refractivity contribution in [3.8, 4) is 22.6 Å². The second-order valence-corrected chi connectivity index (χ2v) is 7.27. The van der Waals surface area contributed by atoms with Gasteiger partial charge < -0.3 is 9.47 Å². The number of rotatable bonds is 5. The quantitative estimate of drug-likeness (QED) is 0.133. The SMILES string of the molecule is O=C(Oc1ccc(-c2ccc(OC(=O)c3ccc(F)c(F)c3F)cc2)cc1)c1ccc(F)c(F)c1F. The average Bonchev–Trinajstić information content (AvgIpc) is 2.87. The number of ether oxygens (including phenoxy) is 2. The van der Waals surface area contributed by atoms with Gasteiger partial charge in [-0.15, -0.1) is 0 Å². The highest BCUT2D eigenvalue weighted by Gasteiger charge is 2.21. The molecule has 36 heavy (non-hydrogen) atoms. The van der Waals surface area contributed by atoms with Gasteiger partial charge in [-0.05, 0) is 59.7 Å². The lowest BCUT2D eigenvalue weighted by atomic mass is 10.1. The van der Waals surface area contributed by atoms with E-state index in [1.807, 2.05) is 0 Å². The summed E-state index contributed by atoms with van der Waals surface area (Å²) in [6.45, 7) is 0. The molecule has 0 bridgehead atoms. The fourth-order valence-electron chi connectivity index (χ4n) is 3.12. The van der Waals surface area contributed by atoms with Crippen LogP contribution in [0.2, 0.25) is 0 Å². The van der Waals surface area contributed by atoms with E-state index in [0.717, 1.165) is 12.1 Å². The Bertz CT molecular complexity index is 1350. The molecule has 0 unspecified atom stereocenters. The van der Waals surface area contributed by atoms with Crippen molar-refractivity contribution in [2.45, 2.75) is 0 Å². The second kappa shape index (κ2) is 9.95. The van der Waals surface area contributed by atoms with Crippen LogP contribution >= 0.6 is 0 Å². The molecule has 0 amide bonds. The van der Waals surface area contributed by atoms with E-state index in [9.17, 15) is 35.9 Å². The summed E-state index contributed by atoms with van der Waals surface area (Å²) >= 11 is 0. The first-order chi connectivity index (χ1) is 17.2.